The number of ether oxygens (including phenoxy) is 1. The monoisotopic (exact) mass is 378 g/mol. The predicted octanol–water partition coefficient (Wildman–Crippen LogP) is 1.71. The Balaban J connectivity index is 1.46. The molecule has 0 saturated carbocycles. The molecular formula is C18H19FN2O4S. The number of rotatable bonds is 7. The lowest BCUT2D eigenvalue weighted by Crippen LogP contribution is -2.38. The van der Waals surface area contributed by atoms with E-state index in [9.17, 15) is 17.6 Å². The van der Waals surface area contributed by atoms with E-state index in [0.717, 1.165) is 5.56 Å². The number of halogens is 1. The first-order valence-corrected chi connectivity index (χ1v) is 9.80. The molecule has 1 amide bonds. The van der Waals surface area contributed by atoms with E-state index >= 15 is 0 Å². The van der Waals surface area contributed by atoms with Crippen molar-refractivity contribution in [1.29, 1.82) is 0 Å². The molecule has 1 aliphatic rings. The Hall–Kier alpha value is -2.61. The van der Waals surface area contributed by atoms with Crippen LogP contribution in [0.15, 0.2) is 48.5 Å². The van der Waals surface area contributed by atoms with E-state index < -0.39 is 21.7 Å². The molecule has 2 aromatic carbocycles. The van der Waals surface area contributed by atoms with Gasteiger partial charge in [-0.25, -0.2) is 12.8 Å². The molecule has 1 aliphatic heterocycles. The number of fused-ring (bicyclic) bond motifs is 1. The van der Waals surface area contributed by atoms with E-state index in [1.54, 1.807) is 12.1 Å². The second-order valence-corrected chi connectivity index (χ2v) is 7.87. The van der Waals surface area contributed by atoms with Gasteiger partial charge in [-0.15, -0.1) is 0 Å². The van der Waals surface area contributed by atoms with Crippen LogP contribution in [0.3, 0.4) is 0 Å². The number of para-hydroxylation sites is 1. The number of carbonyl (C=O) groups excluding carboxylic acids is 1. The molecule has 0 fully saturated rings. The van der Waals surface area contributed by atoms with Gasteiger partial charge in [0.2, 0.25) is 10.0 Å². The highest BCUT2D eigenvalue weighted by Gasteiger charge is 2.28. The maximum absolute atomic E-state index is 12.8. The summed E-state index contributed by atoms with van der Waals surface area (Å²) in [6, 6.07) is 12.7. The molecule has 0 radical (unpaired) electrons. The van der Waals surface area contributed by atoms with Crippen molar-refractivity contribution in [2.75, 3.05) is 29.8 Å². The summed E-state index contributed by atoms with van der Waals surface area (Å²) in [5, 5.41) is 2.52. The molecule has 8 heteroatoms. The van der Waals surface area contributed by atoms with Crippen molar-refractivity contribution < 1.29 is 22.3 Å². The van der Waals surface area contributed by atoms with Crippen molar-refractivity contribution in [3.05, 3.63) is 59.9 Å². The number of nitrogens with zero attached hydrogens (tertiary/aromatic N) is 1. The maximum atomic E-state index is 12.8. The van der Waals surface area contributed by atoms with Crippen LogP contribution in [-0.4, -0.2) is 39.8 Å². The van der Waals surface area contributed by atoms with Crippen LogP contribution < -0.4 is 14.4 Å². The number of hydrogen-bond acceptors (Lipinski definition) is 4. The van der Waals surface area contributed by atoms with E-state index in [1.165, 1.54) is 28.6 Å². The number of carbonyl (C=O) groups is 1. The third-order valence-electron chi connectivity index (χ3n) is 4.05. The lowest BCUT2D eigenvalue weighted by molar-refractivity contribution is -0.122. The highest BCUT2D eigenvalue weighted by atomic mass is 32.2. The Morgan fingerprint density at radius 1 is 1.15 bits per heavy atom. The van der Waals surface area contributed by atoms with Crippen LogP contribution in [-0.2, 0) is 21.2 Å². The van der Waals surface area contributed by atoms with Crippen molar-refractivity contribution in [1.82, 2.24) is 5.32 Å². The Kier molecular flexibility index (Phi) is 5.41. The Morgan fingerprint density at radius 2 is 1.88 bits per heavy atom. The van der Waals surface area contributed by atoms with Crippen LogP contribution in [0.25, 0.3) is 0 Å². The van der Waals surface area contributed by atoms with E-state index in [2.05, 4.69) is 5.32 Å². The second kappa shape index (κ2) is 7.74. The average molecular weight is 378 g/mol. The van der Waals surface area contributed by atoms with Gasteiger partial charge in [0.05, 0.1) is 11.4 Å². The van der Waals surface area contributed by atoms with Gasteiger partial charge in [-0.1, -0.05) is 18.2 Å². The van der Waals surface area contributed by atoms with Crippen LogP contribution in [0.4, 0.5) is 10.1 Å². The van der Waals surface area contributed by atoms with Crippen LogP contribution >= 0.6 is 0 Å². The topological polar surface area (TPSA) is 75.7 Å². The van der Waals surface area contributed by atoms with Crippen molar-refractivity contribution in [2.24, 2.45) is 0 Å². The zero-order chi connectivity index (χ0) is 18.6. The summed E-state index contributed by atoms with van der Waals surface area (Å²) in [5.41, 5.74) is 1.71. The molecule has 0 aromatic heterocycles. The van der Waals surface area contributed by atoms with Gasteiger partial charge in [0, 0.05) is 13.1 Å². The molecular weight excluding hydrogens is 359 g/mol. The number of amides is 1. The first kappa shape index (κ1) is 18.2. The van der Waals surface area contributed by atoms with Crippen molar-refractivity contribution in [3.63, 3.8) is 0 Å². The van der Waals surface area contributed by atoms with E-state index in [-0.39, 0.29) is 18.9 Å². The molecule has 138 valence electrons. The maximum Gasteiger partial charge on any atom is 0.257 e. The molecule has 0 spiro atoms. The predicted molar refractivity (Wildman–Crippen MR) is 96.2 cm³/mol. The second-order valence-electron chi connectivity index (χ2n) is 5.86. The van der Waals surface area contributed by atoms with Gasteiger partial charge in [-0.2, -0.15) is 0 Å². The lowest BCUT2D eigenvalue weighted by atomic mass is 10.2. The van der Waals surface area contributed by atoms with Gasteiger partial charge in [0.1, 0.15) is 11.6 Å². The van der Waals surface area contributed by atoms with Crippen molar-refractivity contribution in [3.8, 4) is 5.75 Å². The Bertz CT molecular complexity index is 884. The highest BCUT2D eigenvalue weighted by Crippen LogP contribution is 2.29. The summed E-state index contributed by atoms with van der Waals surface area (Å²) in [4.78, 5) is 11.8. The quantitative estimate of drug-likeness (QED) is 0.796. The molecule has 2 aromatic rings. The highest BCUT2D eigenvalue weighted by molar-refractivity contribution is 7.92. The number of hydrogen-bond donors (Lipinski definition) is 1. The summed E-state index contributed by atoms with van der Waals surface area (Å²) in [6.07, 6.45) is 0.688. The standard InChI is InChI=1S/C18H19FN2O4S/c19-15-5-7-16(8-6-15)25-13-18(22)20-10-12-26(23,24)21-11-9-14-3-1-2-4-17(14)21/h1-8H,9-13H2,(H,20,22). The first-order valence-electron chi connectivity index (χ1n) is 8.19. The number of benzene rings is 2. The van der Waals surface area contributed by atoms with E-state index in [1.807, 2.05) is 12.1 Å². The van der Waals surface area contributed by atoms with Crippen LogP contribution in [0.5, 0.6) is 5.75 Å². The minimum absolute atomic E-state index is 0.00733. The summed E-state index contributed by atoms with van der Waals surface area (Å²) in [5.74, 6) is -0.659. The molecule has 0 bridgehead atoms. The Morgan fingerprint density at radius 3 is 2.65 bits per heavy atom. The van der Waals surface area contributed by atoms with E-state index in [4.69, 9.17) is 4.74 Å². The van der Waals surface area contributed by atoms with Gasteiger partial charge in [-0.3, -0.25) is 9.10 Å². The summed E-state index contributed by atoms with van der Waals surface area (Å²) in [6.45, 7) is 0.147. The fraction of sp³-hybridized carbons (Fsp3) is 0.278. The number of anilines is 1. The van der Waals surface area contributed by atoms with E-state index in [0.29, 0.717) is 24.4 Å². The molecule has 0 unspecified atom stereocenters. The van der Waals surface area contributed by atoms with Gasteiger partial charge >= 0.3 is 0 Å². The molecule has 0 saturated heterocycles. The fourth-order valence-electron chi connectivity index (χ4n) is 2.76. The lowest BCUT2D eigenvalue weighted by Gasteiger charge is -2.19. The number of nitrogens with one attached hydrogen (secondary N) is 1. The minimum atomic E-state index is -3.50. The van der Waals surface area contributed by atoms with Gasteiger partial charge in [0.15, 0.2) is 6.61 Å². The SMILES string of the molecule is O=C(COc1ccc(F)cc1)NCCS(=O)(=O)N1CCc2ccccc21. The molecule has 0 atom stereocenters. The fourth-order valence-corrected chi connectivity index (χ4v) is 4.18. The van der Waals surface area contributed by atoms with Crippen LogP contribution in [0.1, 0.15) is 5.56 Å². The molecule has 6 nitrogen and oxygen atoms in total. The zero-order valence-corrected chi connectivity index (χ0v) is 14.8. The molecule has 0 aliphatic carbocycles. The Labute approximate surface area is 151 Å². The summed E-state index contributed by atoms with van der Waals surface area (Å²) < 4.78 is 44.4. The summed E-state index contributed by atoms with van der Waals surface area (Å²) >= 11 is 0. The molecule has 3 rings (SSSR count). The third-order valence-corrected chi connectivity index (χ3v) is 5.82. The normalized spacial score (nSPS) is 13.3. The average Bonchev–Trinajstić information content (AvgIpc) is 3.06. The zero-order valence-electron chi connectivity index (χ0n) is 14.0. The molecule has 1 heterocycles. The summed E-state index contributed by atoms with van der Waals surface area (Å²) in [7, 11) is -3.50. The molecule has 26 heavy (non-hydrogen) atoms. The smallest absolute Gasteiger partial charge is 0.257 e. The third kappa shape index (κ3) is 4.32. The van der Waals surface area contributed by atoms with Gasteiger partial charge < -0.3 is 10.1 Å². The van der Waals surface area contributed by atoms with Crippen molar-refractivity contribution in [2.45, 2.75) is 6.42 Å². The largest absolute Gasteiger partial charge is 0.484 e. The minimum Gasteiger partial charge on any atom is -0.484 e. The number of sulfonamides is 1. The van der Waals surface area contributed by atoms with Crippen molar-refractivity contribution >= 4 is 21.6 Å². The van der Waals surface area contributed by atoms with Crippen LogP contribution in [0, 0.1) is 5.82 Å². The molecule has 1 N–H and O–H groups in total. The van der Waals surface area contributed by atoms with Gasteiger partial charge in [0.25, 0.3) is 5.91 Å². The van der Waals surface area contributed by atoms with Crippen LogP contribution in [0.2, 0.25) is 0 Å². The van der Waals surface area contributed by atoms with Gasteiger partial charge in [-0.05, 0) is 42.3 Å². The first-order chi connectivity index (χ1) is 12.5.